The van der Waals surface area contributed by atoms with Crippen LogP contribution in [0.2, 0.25) is 0 Å². The van der Waals surface area contributed by atoms with Crippen LogP contribution in [0.1, 0.15) is 39.8 Å². The molecule has 1 unspecified atom stereocenters. The summed E-state index contributed by atoms with van der Waals surface area (Å²) in [6.45, 7) is 8.56. The minimum absolute atomic E-state index is 0.128. The normalized spacial score (nSPS) is 12.2. The van der Waals surface area contributed by atoms with Crippen molar-refractivity contribution in [1.29, 1.82) is 0 Å². The molecule has 4 nitrogen and oxygen atoms in total. The maximum atomic E-state index is 12.9. The average Bonchev–Trinajstić information content (AvgIpc) is 2.97. The minimum atomic E-state index is -0.228. The molecule has 0 aliphatic carbocycles. The lowest BCUT2D eigenvalue weighted by molar-refractivity contribution is 0.0993. The highest BCUT2D eigenvalue weighted by molar-refractivity contribution is 8.00. The van der Waals surface area contributed by atoms with Gasteiger partial charge in [0.2, 0.25) is 0 Å². The number of benzene rings is 2. The maximum absolute atomic E-state index is 12.9. The van der Waals surface area contributed by atoms with E-state index in [9.17, 15) is 4.79 Å². The van der Waals surface area contributed by atoms with Gasteiger partial charge in [-0.25, -0.2) is 0 Å². The molecule has 3 aromatic rings. The van der Waals surface area contributed by atoms with Crippen LogP contribution in [0.15, 0.2) is 53.7 Å². The first-order chi connectivity index (χ1) is 12.5. The van der Waals surface area contributed by atoms with E-state index in [2.05, 4.69) is 26.9 Å². The molecule has 0 bridgehead atoms. The van der Waals surface area contributed by atoms with E-state index in [0.717, 1.165) is 27.7 Å². The third-order valence-corrected chi connectivity index (χ3v) is 5.48. The molecule has 0 aliphatic rings. The molecule has 1 heterocycles. The zero-order valence-electron chi connectivity index (χ0n) is 15.6. The molecule has 134 valence electrons. The summed E-state index contributed by atoms with van der Waals surface area (Å²) in [5.41, 5.74) is 4.08. The Morgan fingerprint density at radius 2 is 1.81 bits per heavy atom. The van der Waals surface area contributed by atoms with E-state index < -0.39 is 0 Å². The Labute approximate surface area is 158 Å². The van der Waals surface area contributed by atoms with Crippen molar-refractivity contribution in [2.45, 2.75) is 44.6 Å². The quantitative estimate of drug-likeness (QED) is 0.472. The second-order valence-electron chi connectivity index (χ2n) is 6.54. The van der Waals surface area contributed by atoms with Gasteiger partial charge in [-0.15, -0.1) is 10.2 Å². The molecule has 0 saturated carbocycles. The molecule has 0 aliphatic heterocycles. The van der Waals surface area contributed by atoms with Crippen molar-refractivity contribution < 1.29 is 4.79 Å². The Hall–Kier alpha value is -2.40. The summed E-state index contributed by atoms with van der Waals surface area (Å²) in [4.78, 5) is 12.9. The van der Waals surface area contributed by atoms with Crippen molar-refractivity contribution >= 4 is 17.5 Å². The standard InChI is InChI=1S/C21H23N3OS/c1-14-10-11-15(2)19(12-14)20(25)16(3)26-21-23-22-17(4)24(21)13-18-8-6-5-7-9-18/h5-12,16H,13H2,1-4H3. The highest BCUT2D eigenvalue weighted by Crippen LogP contribution is 2.26. The van der Waals surface area contributed by atoms with E-state index in [1.807, 2.05) is 64.1 Å². The second-order valence-corrected chi connectivity index (χ2v) is 7.85. The SMILES string of the molecule is Cc1ccc(C)c(C(=O)C(C)Sc2nnc(C)n2Cc2ccccc2)c1. The number of aryl methyl sites for hydroxylation is 3. The van der Waals surface area contributed by atoms with Crippen molar-refractivity contribution in [2.75, 3.05) is 0 Å². The molecular formula is C21H23N3OS. The largest absolute Gasteiger partial charge is 0.302 e. The number of hydrogen-bond donors (Lipinski definition) is 0. The first-order valence-electron chi connectivity index (χ1n) is 8.67. The predicted molar refractivity (Wildman–Crippen MR) is 106 cm³/mol. The molecule has 0 saturated heterocycles. The van der Waals surface area contributed by atoms with Crippen LogP contribution < -0.4 is 0 Å². The highest BCUT2D eigenvalue weighted by Gasteiger charge is 2.21. The monoisotopic (exact) mass is 365 g/mol. The Balaban J connectivity index is 1.80. The number of aromatic nitrogens is 3. The second kappa shape index (κ2) is 7.87. The van der Waals surface area contributed by atoms with Crippen molar-refractivity contribution in [1.82, 2.24) is 14.8 Å². The van der Waals surface area contributed by atoms with Gasteiger partial charge >= 0.3 is 0 Å². The highest BCUT2D eigenvalue weighted by atomic mass is 32.2. The summed E-state index contributed by atoms with van der Waals surface area (Å²) in [5, 5.41) is 9.05. The lowest BCUT2D eigenvalue weighted by Crippen LogP contribution is -2.16. The van der Waals surface area contributed by atoms with Gasteiger partial charge in [0.05, 0.1) is 11.8 Å². The third-order valence-electron chi connectivity index (χ3n) is 4.40. The number of hydrogen-bond acceptors (Lipinski definition) is 4. The molecular weight excluding hydrogens is 342 g/mol. The van der Waals surface area contributed by atoms with Gasteiger partial charge in [0, 0.05) is 5.56 Å². The zero-order chi connectivity index (χ0) is 18.7. The zero-order valence-corrected chi connectivity index (χ0v) is 16.4. The molecule has 0 N–H and O–H groups in total. The maximum Gasteiger partial charge on any atom is 0.192 e. The van der Waals surface area contributed by atoms with Crippen LogP contribution in [0.3, 0.4) is 0 Å². The predicted octanol–water partition coefficient (Wildman–Crippen LogP) is 4.62. The summed E-state index contributed by atoms with van der Waals surface area (Å²) in [7, 11) is 0. The third kappa shape index (κ3) is 4.05. The molecule has 1 aromatic heterocycles. The van der Waals surface area contributed by atoms with Crippen LogP contribution in [0, 0.1) is 20.8 Å². The first-order valence-corrected chi connectivity index (χ1v) is 9.55. The van der Waals surface area contributed by atoms with Gasteiger partial charge in [-0.1, -0.05) is 59.8 Å². The summed E-state index contributed by atoms with van der Waals surface area (Å²) < 4.78 is 2.06. The van der Waals surface area contributed by atoms with Crippen LogP contribution in [0.5, 0.6) is 0 Å². The van der Waals surface area contributed by atoms with Crippen LogP contribution in [-0.4, -0.2) is 25.8 Å². The topological polar surface area (TPSA) is 47.8 Å². The Morgan fingerprint density at radius 3 is 2.54 bits per heavy atom. The van der Waals surface area contributed by atoms with Crippen LogP contribution in [-0.2, 0) is 6.54 Å². The summed E-state index contributed by atoms with van der Waals surface area (Å²) in [5.74, 6) is 0.978. The average molecular weight is 366 g/mol. The van der Waals surface area contributed by atoms with Gasteiger partial charge in [0.15, 0.2) is 10.9 Å². The minimum Gasteiger partial charge on any atom is -0.302 e. The van der Waals surface area contributed by atoms with Crippen LogP contribution in [0.4, 0.5) is 0 Å². The van der Waals surface area contributed by atoms with E-state index >= 15 is 0 Å². The first kappa shape index (κ1) is 18.4. The fourth-order valence-electron chi connectivity index (χ4n) is 2.83. The van der Waals surface area contributed by atoms with Crippen LogP contribution >= 0.6 is 11.8 Å². The summed E-state index contributed by atoms with van der Waals surface area (Å²) in [6.07, 6.45) is 0. The van der Waals surface area contributed by atoms with Gasteiger partial charge < -0.3 is 4.57 Å². The molecule has 1 atom stereocenters. The van der Waals surface area contributed by atoms with E-state index in [1.165, 1.54) is 17.3 Å². The molecule has 2 aromatic carbocycles. The van der Waals surface area contributed by atoms with Gasteiger partial charge in [-0.3, -0.25) is 4.79 Å². The molecule has 0 radical (unpaired) electrons. The van der Waals surface area contributed by atoms with E-state index in [4.69, 9.17) is 0 Å². The molecule has 0 spiro atoms. The van der Waals surface area contributed by atoms with Crippen molar-refractivity contribution in [3.63, 3.8) is 0 Å². The smallest absolute Gasteiger partial charge is 0.192 e. The summed E-state index contributed by atoms with van der Waals surface area (Å²) in [6, 6.07) is 16.2. The molecule has 5 heteroatoms. The van der Waals surface area contributed by atoms with E-state index in [0.29, 0.717) is 6.54 Å². The van der Waals surface area contributed by atoms with Crippen molar-refractivity contribution in [3.8, 4) is 0 Å². The number of Topliss-reactive ketones (excluding diaryl/α,β-unsaturated/α-hetero) is 1. The Kier molecular flexibility index (Phi) is 5.57. The fraction of sp³-hybridized carbons (Fsp3) is 0.286. The fourth-order valence-corrected chi connectivity index (χ4v) is 3.79. The van der Waals surface area contributed by atoms with Gasteiger partial charge in [-0.05, 0) is 44.9 Å². The Bertz CT molecular complexity index is 918. The number of rotatable bonds is 6. The molecule has 3 rings (SSSR count). The van der Waals surface area contributed by atoms with E-state index in [-0.39, 0.29) is 11.0 Å². The lowest BCUT2D eigenvalue weighted by atomic mass is 10.0. The number of thioether (sulfide) groups is 1. The number of nitrogens with zero attached hydrogens (tertiary/aromatic N) is 3. The number of carbonyl (C=O) groups excluding carboxylic acids is 1. The Morgan fingerprint density at radius 1 is 1.08 bits per heavy atom. The molecule has 26 heavy (non-hydrogen) atoms. The lowest BCUT2D eigenvalue weighted by Gasteiger charge is -2.14. The number of carbonyl (C=O) groups is 1. The molecule has 0 amide bonds. The van der Waals surface area contributed by atoms with Gasteiger partial charge in [-0.2, -0.15) is 0 Å². The van der Waals surface area contributed by atoms with Gasteiger partial charge in [0.25, 0.3) is 0 Å². The number of ketones is 1. The van der Waals surface area contributed by atoms with Crippen molar-refractivity contribution in [3.05, 3.63) is 76.6 Å². The molecule has 0 fully saturated rings. The van der Waals surface area contributed by atoms with E-state index in [1.54, 1.807) is 0 Å². The van der Waals surface area contributed by atoms with Gasteiger partial charge in [0.1, 0.15) is 5.82 Å². The van der Waals surface area contributed by atoms with Crippen LogP contribution in [0.25, 0.3) is 0 Å². The summed E-state index contributed by atoms with van der Waals surface area (Å²) >= 11 is 1.47. The van der Waals surface area contributed by atoms with Crippen molar-refractivity contribution in [2.24, 2.45) is 0 Å².